The minimum absolute atomic E-state index is 0.176. The standard InChI is InChI=1S/C6H9NO4.C4H6O2/c1-3-5(8)11-7-6(9)10-4-2;1-3(2)4(5)6/h3H,1,4H2,2H3,(H,7,9);1H2,2H3,(H,5,6). The van der Waals surface area contributed by atoms with E-state index in [1.54, 1.807) is 12.4 Å². The molecular weight excluding hydrogens is 230 g/mol. The second kappa shape index (κ2) is 10.2. The van der Waals surface area contributed by atoms with Crippen LogP contribution in [-0.4, -0.2) is 29.7 Å². The first-order valence-electron chi connectivity index (χ1n) is 4.49. The molecule has 0 aliphatic rings. The Morgan fingerprint density at radius 2 is 1.88 bits per heavy atom. The highest BCUT2D eigenvalue weighted by Gasteiger charge is 2.01. The molecule has 2 N–H and O–H groups in total. The summed E-state index contributed by atoms with van der Waals surface area (Å²) in [6.07, 6.45) is 0.120. The second-order valence-corrected chi connectivity index (χ2v) is 2.53. The first kappa shape index (κ1) is 17.1. The van der Waals surface area contributed by atoms with E-state index >= 15 is 0 Å². The Bertz CT molecular complexity index is 298. The van der Waals surface area contributed by atoms with E-state index in [4.69, 9.17) is 5.11 Å². The summed E-state index contributed by atoms with van der Waals surface area (Å²) in [6, 6.07) is 0. The van der Waals surface area contributed by atoms with Gasteiger partial charge in [0, 0.05) is 11.6 Å². The van der Waals surface area contributed by atoms with Gasteiger partial charge in [0.15, 0.2) is 0 Å². The fourth-order valence-corrected chi connectivity index (χ4v) is 0.294. The molecule has 0 aliphatic heterocycles. The number of hydroxylamine groups is 1. The highest BCUT2D eigenvalue weighted by molar-refractivity contribution is 5.84. The topological polar surface area (TPSA) is 102 Å². The van der Waals surface area contributed by atoms with Crippen LogP contribution in [-0.2, 0) is 19.2 Å². The van der Waals surface area contributed by atoms with Crippen LogP contribution >= 0.6 is 0 Å². The highest BCUT2D eigenvalue weighted by atomic mass is 16.7. The molecule has 0 radical (unpaired) electrons. The monoisotopic (exact) mass is 245 g/mol. The number of ether oxygens (including phenoxy) is 1. The van der Waals surface area contributed by atoms with Gasteiger partial charge in [-0.1, -0.05) is 13.2 Å². The van der Waals surface area contributed by atoms with Gasteiger partial charge in [-0.2, -0.15) is 0 Å². The summed E-state index contributed by atoms with van der Waals surface area (Å²) in [5, 5.41) is 7.89. The maximum atomic E-state index is 10.4. The van der Waals surface area contributed by atoms with Crippen LogP contribution in [0.4, 0.5) is 4.79 Å². The van der Waals surface area contributed by atoms with Crippen LogP contribution in [0.5, 0.6) is 0 Å². The molecule has 0 heterocycles. The van der Waals surface area contributed by atoms with Crippen molar-refractivity contribution in [3.63, 3.8) is 0 Å². The van der Waals surface area contributed by atoms with E-state index in [9.17, 15) is 14.4 Å². The van der Waals surface area contributed by atoms with Gasteiger partial charge in [-0.05, 0) is 13.8 Å². The van der Waals surface area contributed by atoms with Gasteiger partial charge in [0.2, 0.25) is 0 Å². The average Bonchev–Trinajstić information content (AvgIpc) is 2.27. The number of nitrogens with one attached hydrogen (secondary N) is 1. The Morgan fingerprint density at radius 1 is 1.41 bits per heavy atom. The Labute approximate surface area is 98.7 Å². The maximum absolute atomic E-state index is 10.4. The molecule has 0 fully saturated rings. The number of amides is 1. The lowest BCUT2D eigenvalue weighted by Crippen LogP contribution is -2.26. The van der Waals surface area contributed by atoms with Crippen molar-refractivity contribution in [3.8, 4) is 0 Å². The molecule has 0 saturated heterocycles. The Kier molecular flexibility index (Phi) is 10.3. The molecule has 7 heteroatoms. The average molecular weight is 245 g/mol. The van der Waals surface area contributed by atoms with Crippen LogP contribution in [0.2, 0.25) is 0 Å². The number of carboxylic acid groups (broad SMARTS) is 1. The number of hydrogen-bond acceptors (Lipinski definition) is 5. The molecule has 0 unspecified atom stereocenters. The predicted molar refractivity (Wildman–Crippen MR) is 58.9 cm³/mol. The van der Waals surface area contributed by atoms with E-state index < -0.39 is 18.0 Å². The van der Waals surface area contributed by atoms with E-state index in [2.05, 4.69) is 22.7 Å². The highest BCUT2D eigenvalue weighted by Crippen LogP contribution is 1.81. The Morgan fingerprint density at radius 3 is 2.18 bits per heavy atom. The van der Waals surface area contributed by atoms with Crippen molar-refractivity contribution < 1.29 is 29.1 Å². The zero-order valence-corrected chi connectivity index (χ0v) is 9.69. The van der Waals surface area contributed by atoms with Crippen LogP contribution in [0.3, 0.4) is 0 Å². The fraction of sp³-hybridized carbons (Fsp3) is 0.300. The van der Waals surface area contributed by atoms with Gasteiger partial charge in [-0.25, -0.2) is 14.4 Å². The van der Waals surface area contributed by atoms with Gasteiger partial charge in [-0.15, -0.1) is 5.48 Å². The SMILES string of the molecule is C=C(C)C(=O)O.C=CC(=O)ONC(=O)OCC. The van der Waals surface area contributed by atoms with E-state index in [1.165, 1.54) is 6.92 Å². The normalized spacial score (nSPS) is 7.88. The minimum Gasteiger partial charge on any atom is -0.478 e. The lowest BCUT2D eigenvalue weighted by molar-refractivity contribution is -0.143. The zero-order valence-electron chi connectivity index (χ0n) is 9.69. The molecule has 0 aromatic heterocycles. The number of aliphatic carboxylic acids is 1. The summed E-state index contributed by atoms with van der Waals surface area (Å²) >= 11 is 0. The zero-order chi connectivity index (χ0) is 13.8. The molecule has 0 atom stereocenters. The third-order valence-electron chi connectivity index (χ3n) is 1.04. The molecule has 0 aromatic rings. The van der Waals surface area contributed by atoms with Gasteiger partial charge >= 0.3 is 18.0 Å². The molecule has 17 heavy (non-hydrogen) atoms. The van der Waals surface area contributed by atoms with Crippen molar-refractivity contribution in [1.82, 2.24) is 5.48 Å². The van der Waals surface area contributed by atoms with E-state index in [0.29, 0.717) is 0 Å². The third-order valence-corrected chi connectivity index (χ3v) is 1.04. The van der Waals surface area contributed by atoms with Crippen molar-refractivity contribution >= 4 is 18.0 Å². The van der Waals surface area contributed by atoms with E-state index in [1.807, 2.05) is 0 Å². The van der Waals surface area contributed by atoms with Crippen molar-refractivity contribution in [3.05, 3.63) is 24.8 Å². The van der Waals surface area contributed by atoms with Gasteiger partial charge in [-0.3, -0.25) is 0 Å². The van der Waals surface area contributed by atoms with Crippen LogP contribution in [0.1, 0.15) is 13.8 Å². The molecule has 0 aromatic carbocycles. The molecule has 0 spiro atoms. The summed E-state index contributed by atoms with van der Waals surface area (Å²) < 4.78 is 4.38. The summed E-state index contributed by atoms with van der Waals surface area (Å²) in [4.78, 5) is 34.5. The predicted octanol–water partition coefficient (Wildman–Crippen LogP) is 1.02. The summed E-state index contributed by atoms with van der Waals surface area (Å²) in [7, 11) is 0. The number of rotatable bonds is 3. The van der Waals surface area contributed by atoms with E-state index in [-0.39, 0.29) is 12.2 Å². The second-order valence-electron chi connectivity index (χ2n) is 2.53. The van der Waals surface area contributed by atoms with Crippen molar-refractivity contribution in [2.75, 3.05) is 6.61 Å². The van der Waals surface area contributed by atoms with Crippen LogP contribution < -0.4 is 5.48 Å². The molecule has 0 aliphatic carbocycles. The number of hydrogen-bond donors (Lipinski definition) is 2. The van der Waals surface area contributed by atoms with Crippen molar-refractivity contribution in [1.29, 1.82) is 0 Å². The molecule has 0 bridgehead atoms. The van der Waals surface area contributed by atoms with E-state index in [0.717, 1.165) is 6.08 Å². The number of carbonyl (C=O) groups is 3. The molecule has 7 nitrogen and oxygen atoms in total. The fourth-order valence-electron chi connectivity index (χ4n) is 0.294. The smallest absolute Gasteiger partial charge is 0.440 e. The third kappa shape index (κ3) is 13.7. The first-order chi connectivity index (χ1) is 7.84. The van der Waals surface area contributed by atoms with Gasteiger partial charge in [0.25, 0.3) is 0 Å². The molecule has 1 amide bonds. The van der Waals surface area contributed by atoms with Crippen LogP contribution in [0, 0.1) is 0 Å². The first-order valence-corrected chi connectivity index (χ1v) is 4.49. The van der Waals surface area contributed by atoms with Crippen molar-refractivity contribution in [2.45, 2.75) is 13.8 Å². The summed E-state index contributed by atoms with van der Waals surface area (Å²) in [6.45, 7) is 9.57. The maximum Gasteiger partial charge on any atom is 0.440 e. The molecular formula is C10H15NO6. The number of carboxylic acids is 1. The minimum atomic E-state index is -0.935. The Hall–Kier alpha value is -2.31. The van der Waals surface area contributed by atoms with Crippen molar-refractivity contribution in [2.24, 2.45) is 0 Å². The molecule has 0 saturated carbocycles. The quantitative estimate of drug-likeness (QED) is 0.568. The largest absolute Gasteiger partial charge is 0.478 e. The lowest BCUT2D eigenvalue weighted by Gasteiger charge is -2.02. The summed E-state index contributed by atoms with van der Waals surface area (Å²) in [5.74, 6) is -1.67. The summed E-state index contributed by atoms with van der Waals surface area (Å²) in [5.41, 5.74) is 1.93. The van der Waals surface area contributed by atoms with Crippen LogP contribution in [0.25, 0.3) is 0 Å². The van der Waals surface area contributed by atoms with Crippen LogP contribution in [0.15, 0.2) is 24.8 Å². The van der Waals surface area contributed by atoms with Gasteiger partial charge in [0.1, 0.15) is 0 Å². The number of carbonyl (C=O) groups excluding carboxylic acids is 2. The van der Waals surface area contributed by atoms with Gasteiger partial charge < -0.3 is 14.7 Å². The lowest BCUT2D eigenvalue weighted by atomic mass is 10.4. The van der Waals surface area contributed by atoms with Gasteiger partial charge in [0.05, 0.1) is 6.61 Å². The Balaban J connectivity index is 0. The molecule has 0 rings (SSSR count). The molecule has 96 valence electrons.